The maximum Gasteiger partial charge on any atom is 2.00 e. The van der Waals surface area contributed by atoms with E-state index in [4.69, 9.17) is 19.8 Å². The van der Waals surface area contributed by atoms with Crippen molar-refractivity contribution in [3.05, 3.63) is 0 Å². The topological polar surface area (TPSA) is 80.3 Å². The smallest absolute Gasteiger partial charge is 0.544 e. The molecule has 4 nitrogen and oxygen atoms in total. The first-order chi connectivity index (χ1) is 5.29. The first kappa shape index (κ1) is 18.9. The van der Waals surface area contributed by atoms with Crippen LogP contribution in [0.2, 0.25) is 0 Å². The standard InChI is InChI=1S/2C2H2F2O2.Ba/c2*3-1(4)2(5)6;/h2*1H,(H,5,6);/q;;+2/p-2. The van der Waals surface area contributed by atoms with Crippen LogP contribution < -0.4 is 10.2 Å². The average molecular weight is 327 g/mol. The van der Waals surface area contributed by atoms with Crippen LogP contribution in [0.25, 0.3) is 0 Å². The molecule has 0 heterocycles. The van der Waals surface area contributed by atoms with Gasteiger partial charge in [0, 0.05) is 0 Å². The third kappa shape index (κ3) is 18.9. The van der Waals surface area contributed by atoms with Gasteiger partial charge >= 0.3 is 48.9 Å². The summed E-state index contributed by atoms with van der Waals surface area (Å²) in [7, 11) is 0. The molecule has 0 saturated carbocycles. The summed E-state index contributed by atoms with van der Waals surface area (Å²) in [6, 6.07) is 0. The van der Waals surface area contributed by atoms with Crippen molar-refractivity contribution in [1.82, 2.24) is 0 Å². The van der Waals surface area contributed by atoms with Crippen LogP contribution >= 0.6 is 0 Å². The number of carboxylic acids is 2. The minimum absolute atomic E-state index is 0. The molecule has 0 rings (SSSR count). The summed E-state index contributed by atoms with van der Waals surface area (Å²) in [6.07, 6.45) is -6.69. The number of rotatable bonds is 2. The number of halogens is 4. The summed E-state index contributed by atoms with van der Waals surface area (Å²) >= 11 is 0. The van der Waals surface area contributed by atoms with Gasteiger partial charge in [-0.3, -0.25) is 0 Å². The Morgan fingerprint density at radius 2 is 0.923 bits per heavy atom. The Kier molecular flexibility index (Phi) is 15.0. The number of carbonyl (C=O) groups excluding carboxylic acids is 2. The zero-order valence-electron chi connectivity index (χ0n) is 6.01. The second-order valence-electron chi connectivity index (χ2n) is 1.24. The summed E-state index contributed by atoms with van der Waals surface area (Å²) in [6.45, 7) is 0. The van der Waals surface area contributed by atoms with E-state index < -0.39 is 24.8 Å². The van der Waals surface area contributed by atoms with E-state index in [9.17, 15) is 17.6 Å². The van der Waals surface area contributed by atoms with Gasteiger partial charge in [0.15, 0.2) is 0 Å². The normalized spacial score (nSPS) is 8.46. The molecule has 0 unspecified atom stereocenters. The molecule has 0 N–H and O–H groups in total. The monoisotopic (exact) mass is 328 g/mol. The Labute approximate surface area is 110 Å². The van der Waals surface area contributed by atoms with Gasteiger partial charge in [0.25, 0.3) is 12.9 Å². The minimum Gasteiger partial charge on any atom is -0.544 e. The van der Waals surface area contributed by atoms with Crippen molar-refractivity contribution < 1.29 is 37.4 Å². The SMILES string of the molecule is O=C([O-])C(F)F.O=C([O-])C(F)F.[Ba+2]. The Hall–Kier alpha value is 0.231. The maximum atomic E-state index is 10.5. The summed E-state index contributed by atoms with van der Waals surface area (Å²) in [4.78, 5) is 17.7. The van der Waals surface area contributed by atoms with E-state index >= 15 is 0 Å². The van der Waals surface area contributed by atoms with Gasteiger partial charge in [0.1, 0.15) is 11.9 Å². The predicted molar refractivity (Wildman–Crippen MR) is 27.8 cm³/mol. The van der Waals surface area contributed by atoms with Crippen molar-refractivity contribution in [2.24, 2.45) is 0 Å². The molecule has 0 amide bonds. The van der Waals surface area contributed by atoms with Crippen LogP contribution in [-0.2, 0) is 9.59 Å². The second-order valence-corrected chi connectivity index (χ2v) is 1.24. The summed E-state index contributed by atoms with van der Waals surface area (Å²) in [5.74, 6) is -4.65. The van der Waals surface area contributed by atoms with Crippen LogP contribution in [0.15, 0.2) is 0 Å². The summed E-state index contributed by atoms with van der Waals surface area (Å²) < 4.78 is 42.0. The fraction of sp³-hybridized carbons (Fsp3) is 0.500. The zero-order chi connectivity index (χ0) is 10.3. The van der Waals surface area contributed by atoms with Crippen molar-refractivity contribution in [3.8, 4) is 0 Å². The molecule has 0 aromatic carbocycles. The zero-order valence-corrected chi connectivity index (χ0v) is 10.4. The van der Waals surface area contributed by atoms with Gasteiger partial charge in [-0.1, -0.05) is 0 Å². The number of carboxylic acid groups (broad SMARTS) is 2. The third-order valence-corrected chi connectivity index (χ3v) is 0.356. The van der Waals surface area contributed by atoms with E-state index in [1.54, 1.807) is 0 Å². The molecule has 72 valence electrons. The fourth-order valence-corrected chi connectivity index (χ4v) is 0. The molecule has 0 bridgehead atoms. The van der Waals surface area contributed by atoms with Crippen LogP contribution in [0, 0.1) is 0 Å². The first-order valence-corrected chi connectivity index (χ1v) is 2.27. The van der Waals surface area contributed by atoms with Gasteiger partial charge in [0.2, 0.25) is 0 Å². The molecule has 0 aromatic rings. The Morgan fingerprint density at radius 3 is 0.923 bits per heavy atom. The van der Waals surface area contributed by atoms with Crippen molar-refractivity contribution >= 4 is 60.8 Å². The van der Waals surface area contributed by atoms with Gasteiger partial charge in [-0.2, -0.15) is 0 Å². The first-order valence-electron chi connectivity index (χ1n) is 2.27. The molecule has 0 atom stereocenters. The van der Waals surface area contributed by atoms with Gasteiger partial charge in [-0.25, -0.2) is 17.6 Å². The van der Waals surface area contributed by atoms with E-state index in [1.807, 2.05) is 0 Å². The van der Waals surface area contributed by atoms with Gasteiger partial charge < -0.3 is 19.8 Å². The van der Waals surface area contributed by atoms with Crippen LogP contribution in [0.4, 0.5) is 17.6 Å². The summed E-state index contributed by atoms with van der Waals surface area (Å²) in [5, 5.41) is 17.7. The van der Waals surface area contributed by atoms with Crippen LogP contribution in [0.1, 0.15) is 0 Å². The van der Waals surface area contributed by atoms with Crippen LogP contribution in [-0.4, -0.2) is 73.7 Å². The summed E-state index contributed by atoms with van der Waals surface area (Å²) in [5.41, 5.74) is 0. The Bertz CT molecular complexity index is 144. The van der Waals surface area contributed by atoms with E-state index in [0.717, 1.165) is 0 Å². The molecule has 0 saturated heterocycles. The van der Waals surface area contributed by atoms with Crippen LogP contribution in [0.3, 0.4) is 0 Å². The number of hydrogen-bond acceptors (Lipinski definition) is 4. The molecule has 13 heavy (non-hydrogen) atoms. The Balaban J connectivity index is -0.000000143. The van der Waals surface area contributed by atoms with Gasteiger partial charge in [-0.15, -0.1) is 0 Å². The molecule has 0 radical (unpaired) electrons. The largest absolute Gasteiger partial charge is 2.00 e. The molecule has 0 spiro atoms. The molecule has 0 aliphatic heterocycles. The van der Waals surface area contributed by atoms with Crippen molar-refractivity contribution in [3.63, 3.8) is 0 Å². The predicted octanol–water partition coefficient (Wildman–Crippen LogP) is -2.38. The molecule has 0 aromatic heterocycles. The number of carbonyl (C=O) groups is 2. The fourth-order valence-electron chi connectivity index (χ4n) is 0. The number of alkyl halides is 4. The van der Waals surface area contributed by atoms with Crippen molar-refractivity contribution in [2.75, 3.05) is 0 Å². The second kappa shape index (κ2) is 10.3. The van der Waals surface area contributed by atoms with E-state index in [2.05, 4.69) is 0 Å². The molecule has 0 aliphatic carbocycles. The molecule has 0 aliphatic rings. The van der Waals surface area contributed by atoms with E-state index in [-0.39, 0.29) is 48.9 Å². The molecular weight excluding hydrogens is 325 g/mol. The van der Waals surface area contributed by atoms with E-state index in [0.29, 0.717) is 0 Å². The van der Waals surface area contributed by atoms with Gasteiger partial charge in [-0.05, 0) is 0 Å². The quantitative estimate of drug-likeness (QED) is 0.419. The maximum absolute atomic E-state index is 10.5. The molecule has 0 fully saturated rings. The third-order valence-electron chi connectivity index (χ3n) is 0.356. The molecule has 9 heteroatoms. The van der Waals surface area contributed by atoms with Crippen molar-refractivity contribution in [2.45, 2.75) is 12.9 Å². The van der Waals surface area contributed by atoms with E-state index in [1.165, 1.54) is 0 Å². The Morgan fingerprint density at radius 1 is 0.846 bits per heavy atom. The molecular formula is C4H2BaF4O4. The average Bonchev–Trinajstić information content (AvgIpc) is 1.88. The number of aliphatic carboxylic acids is 2. The van der Waals surface area contributed by atoms with Crippen molar-refractivity contribution in [1.29, 1.82) is 0 Å². The van der Waals surface area contributed by atoms with Crippen LogP contribution in [0.5, 0.6) is 0 Å². The number of hydrogen-bond donors (Lipinski definition) is 0. The minimum atomic E-state index is -3.34. The van der Waals surface area contributed by atoms with Gasteiger partial charge in [0.05, 0.1) is 0 Å².